The molecule has 2 aliphatic rings. The first-order valence-electron chi connectivity index (χ1n) is 8.42. The van der Waals surface area contributed by atoms with Crippen molar-refractivity contribution < 1.29 is 13.2 Å². The Morgan fingerprint density at radius 3 is 2.67 bits per heavy atom. The first-order valence-corrected chi connectivity index (χ1v) is 9.91. The maximum atomic E-state index is 12.8. The van der Waals surface area contributed by atoms with Gasteiger partial charge in [0.15, 0.2) is 0 Å². The monoisotopic (exact) mass is 343 g/mol. The first kappa shape index (κ1) is 15.7. The van der Waals surface area contributed by atoms with E-state index < -0.39 is 9.84 Å². The second kappa shape index (κ2) is 5.90. The van der Waals surface area contributed by atoms with Crippen molar-refractivity contribution in [2.45, 2.75) is 35.2 Å². The van der Waals surface area contributed by atoms with Crippen LogP contribution in [-0.2, 0) is 9.84 Å². The van der Waals surface area contributed by atoms with Crippen LogP contribution < -0.4 is 4.74 Å². The minimum absolute atomic E-state index is 0.142. The number of likely N-dealkylation sites (N-methyl/N-ethyl adjacent to an activating group) is 1. The molecule has 24 heavy (non-hydrogen) atoms. The summed E-state index contributed by atoms with van der Waals surface area (Å²) in [7, 11) is -3.50. The van der Waals surface area contributed by atoms with E-state index in [1.807, 2.05) is 12.1 Å². The highest BCUT2D eigenvalue weighted by Gasteiger charge is 2.38. The van der Waals surface area contributed by atoms with Crippen LogP contribution >= 0.6 is 0 Å². The molecule has 1 fully saturated rings. The quantitative estimate of drug-likeness (QED) is 0.859. The maximum absolute atomic E-state index is 12.8. The molecule has 0 radical (unpaired) electrons. The fourth-order valence-corrected chi connectivity index (χ4v) is 5.03. The maximum Gasteiger partial charge on any atom is 0.206 e. The van der Waals surface area contributed by atoms with Crippen molar-refractivity contribution in [2.75, 3.05) is 19.6 Å². The third-order valence-corrected chi connectivity index (χ3v) is 6.88. The average Bonchev–Trinajstić information content (AvgIpc) is 2.99. The third-order valence-electron chi connectivity index (χ3n) is 5.12. The molecule has 126 valence electrons. The highest BCUT2D eigenvalue weighted by molar-refractivity contribution is 7.91. The number of hydrogen-bond acceptors (Lipinski definition) is 4. The molecule has 2 unspecified atom stereocenters. The Labute approximate surface area is 143 Å². The van der Waals surface area contributed by atoms with Gasteiger partial charge in [0.05, 0.1) is 9.79 Å². The molecule has 2 aromatic carbocycles. The summed E-state index contributed by atoms with van der Waals surface area (Å²) in [6, 6.07) is 13.9. The number of nitrogens with zero attached hydrogens (tertiary/aromatic N) is 1. The second-order valence-electron chi connectivity index (χ2n) is 6.46. The van der Waals surface area contributed by atoms with Gasteiger partial charge >= 0.3 is 0 Å². The van der Waals surface area contributed by atoms with E-state index >= 15 is 0 Å². The smallest absolute Gasteiger partial charge is 0.206 e. The zero-order chi connectivity index (χ0) is 16.7. The highest BCUT2D eigenvalue weighted by Crippen LogP contribution is 2.43. The van der Waals surface area contributed by atoms with Crippen LogP contribution in [0.25, 0.3) is 0 Å². The van der Waals surface area contributed by atoms with Gasteiger partial charge in [0.25, 0.3) is 0 Å². The van der Waals surface area contributed by atoms with E-state index in [0.29, 0.717) is 15.7 Å². The van der Waals surface area contributed by atoms with Crippen molar-refractivity contribution in [1.29, 1.82) is 0 Å². The minimum Gasteiger partial charge on any atom is -0.488 e. The molecule has 0 amide bonds. The van der Waals surface area contributed by atoms with Crippen LogP contribution in [0.4, 0.5) is 0 Å². The van der Waals surface area contributed by atoms with E-state index in [2.05, 4.69) is 11.8 Å². The topological polar surface area (TPSA) is 46.6 Å². The summed E-state index contributed by atoms with van der Waals surface area (Å²) in [6.07, 6.45) is 1.21. The summed E-state index contributed by atoms with van der Waals surface area (Å²) in [5.41, 5.74) is 1.16. The average molecular weight is 343 g/mol. The summed E-state index contributed by atoms with van der Waals surface area (Å²) in [5, 5.41) is 0. The lowest BCUT2D eigenvalue weighted by Crippen LogP contribution is -2.42. The van der Waals surface area contributed by atoms with Crippen LogP contribution in [-0.4, -0.2) is 39.1 Å². The molecule has 2 atom stereocenters. The van der Waals surface area contributed by atoms with E-state index in [1.165, 1.54) is 0 Å². The van der Waals surface area contributed by atoms with Crippen molar-refractivity contribution in [3.8, 4) is 5.75 Å². The number of sulfone groups is 1. The van der Waals surface area contributed by atoms with Crippen LogP contribution in [0.2, 0.25) is 0 Å². The number of rotatable bonds is 3. The Morgan fingerprint density at radius 2 is 1.92 bits per heavy atom. The molecule has 0 bridgehead atoms. The van der Waals surface area contributed by atoms with Gasteiger partial charge in [0, 0.05) is 18.0 Å². The first-order chi connectivity index (χ1) is 11.6. The molecule has 0 saturated carbocycles. The van der Waals surface area contributed by atoms with Gasteiger partial charge in [-0.1, -0.05) is 31.2 Å². The molecule has 2 aliphatic heterocycles. The van der Waals surface area contributed by atoms with Gasteiger partial charge in [0.1, 0.15) is 11.9 Å². The molecule has 0 spiro atoms. The fourth-order valence-electron chi connectivity index (χ4n) is 3.73. The molecule has 4 rings (SSSR count). The second-order valence-corrected chi connectivity index (χ2v) is 8.41. The summed E-state index contributed by atoms with van der Waals surface area (Å²) >= 11 is 0. The molecule has 0 aliphatic carbocycles. The standard InChI is InChI=1S/C19H21NO3S/c1-2-20-11-10-17-16-9-8-15(12-18(16)23-19(17)13-20)24(21,22)14-6-4-3-5-7-14/h3-9,12,17,19H,2,10-11,13H2,1H3. The van der Waals surface area contributed by atoms with Gasteiger partial charge in [-0.3, -0.25) is 4.90 Å². The zero-order valence-electron chi connectivity index (χ0n) is 13.7. The number of piperidine rings is 1. The Morgan fingerprint density at radius 1 is 1.12 bits per heavy atom. The number of ether oxygens (including phenoxy) is 1. The minimum atomic E-state index is -3.50. The Hall–Kier alpha value is -1.85. The predicted octanol–water partition coefficient (Wildman–Crippen LogP) is 3.09. The van der Waals surface area contributed by atoms with Gasteiger partial charge in [-0.2, -0.15) is 0 Å². The third kappa shape index (κ3) is 2.52. The zero-order valence-corrected chi connectivity index (χ0v) is 14.5. The SMILES string of the molecule is CCN1CCC2c3ccc(S(=O)(=O)c4ccccc4)cc3OC2C1. The lowest BCUT2D eigenvalue weighted by Gasteiger charge is -2.33. The number of fused-ring (bicyclic) bond motifs is 3. The van der Waals surface area contributed by atoms with E-state index in [9.17, 15) is 8.42 Å². The van der Waals surface area contributed by atoms with Crippen LogP contribution in [0.5, 0.6) is 5.75 Å². The normalized spacial score (nSPS) is 23.4. The van der Waals surface area contributed by atoms with E-state index in [0.717, 1.165) is 37.4 Å². The van der Waals surface area contributed by atoms with Crippen LogP contribution in [0.1, 0.15) is 24.8 Å². The number of hydrogen-bond donors (Lipinski definition) is 0. The molecule has 5 heteroatoms. The molecular formula is C19H21NO3S. The molecule has 0 N–H and O–H groups in total. The summed E-state index contributed by atoms with van der Waals surface area (Å²) in [4.78, 5) is 3.00. The van der Waals surface area contributed by atoms with Crippen LogP contribution in [0.15, 0.2) is 58.3 Å². The predicted molar refractivity (Wildman–Crippen MR) is 92.2 cm³/mol. The lowest BCUT2D eigenvalue weighted by atomic mass is 9.89. The molecule has 4 nitrogen and oxygen atoms in total. The van der Waals surface area contributed by atoms with Gasteiger partial charge in [-0.15, -0.1) is 0 Å². The van der Waals surface area contributed by atoms with Crippen LogP contribution in [0.3, 0.4) is 0 Å². The molecular weight excluding hydrogens is 322 g/mol. The molecule has 2 heterocycles. The van der Waals surface area contributed by atoms with Crippen molar-refractivity contribution in [3.05, 3.63) is 54.1 Å². The van der Waals surface area contributed by atoms with Crippen molar-refractivity contribution >= 4 is 9.84 Å². The molecule has 0 aromatic heterocycles. The Balaban J connectivity index is 1.67. The largest absolute Gasteiger partial charge is 0.488 e. The number of benzene rings is 2. The molecule has 1 saturated heterocycles. The summed E-state index contributed by atoms with van der Waals surface area (Å²) in [5.74, 6) is 1.12. The van der Waals surface area contributed by atoms with Crippen LogP contribution in [0, 0.1) is 0 Å². The fraction of sp³-hybridized carbons (Fsp3) is 0.368. The van der Waals surface area contributed by atoms with Gasteiger partial charge in [-0.05, 0) is 43.8 Å². The van der Waals surface area contributed by atoms with E-state index in [-0.39, 0.29) is 6.10 Å². The number of likely N-dealkylation sites (tertiary alicyclic amines) is 1. The Bertz CT molecular complexity index is 848. The van der Waals surface area contributed by atoms with Gasteiger partial charge in [-0.25, -0.2) is 8.42 Å². The van der Waals surface area contributed by atoms with Gasteiger partial charge in [0.2, 0.25) is 9.84 Å². The van der Waals surface area contributed by atoms with Crippen molar-refractivity contribution in [1.82, 2.24) is 4.90 Å². The summed E-state index contributed by atoms with van der Waals surface area (Å²) in [6.45, 7) is 5.17. The highest BCUT2D eigenvalue weighted by atomic mass is 32.2. The molecule has 2 aromatic rings. The van der Waals surface area contributed by atoms with Crippen molar-refractivity contribution in [3.63, 3.8) is 0 Å². The van der Waals surface area contributed by atoms with E-state index in [1.54, 1.807) is 36.4 Å². The van der Waals surface area contributed by atoms with Crippen molar-refractivity contribution in [2.24, 2.45) is 0 Å². The summed E-state index contributed by atoms with van der Waals surface area (Å²) < 4.78 is 31.7. The Kier molecular flexibility index (Phi) is 3.85. The van der Waals surface area contributed by atoms with Gasteiger partial charge < -0.3 is 4.74 Å². The lowest BCUT2D eigenvalue weighted by molar-refractivity contribution is 0.0954. The van der Waals surface area contributed by atoms with E-state index in [4.69, 9.17) is 4.74 Å².